The number of hydrogen-bond acceptors (Lipinski definition) is 4. The number of rotatable bonds is 3. The number of nitrogens with zero attached hydrogens (tertiary/aromatic N) is 1. The molecule has 2 aromatic carbocycles. The zero-order chi connectivity index (χ0) is 21.7. The molecule has 0 radical (unpaired) electrons. The Balaban J connectivity index is 1.53. The minimum atomic E-state index is -0.382. The second-order valence-electron chi connectivity index (χ2n) is 8.28. The molecule has 2 aromatic heterocycles. The van der Waals surface area contributed by atoms with E-state index in [1.165, 1.54) is 4.88 Å². The van der Waals surface area contributed by atoms with E-state index in [1.807, 2.05) is 66.7 Å². The van der Waals surface area contributed by atoms with Crippen LogP contribution in [0.15, 0.2) is 94.2 Å². The van der Waals surface area contributed by atoms with E-state index >= 15 is 0 Å². The molecule has 32 heavy (non-hydrogen) atoms. The Morgan fingerprint density at radius 3 is 2.34 bits per heavy atom. The second kappa shape index (κ2) is 7.50. The normalized spacial score (nSPS) is 19.9. The van der Waals surface area contributed by atoms with E-state index in [-0.39, 0.29) is 23.2 Å². The van der Waals surface area contributed by atoms with Crippen molar-refractivity contribution in [2.75, 3.05) is 5.32 Å². The molecule has 1 aliphatic heterocycles. The van der Waals surface area contributed by atoms with Gasteiger partial charge in [-0.1, -0.05) is 54.6 Å². The topological polar surface area (TPSA) is 66.9 Å². The van der Waals surface area contributed by atoms with Crippen molar-refractivity contribution in [2.24, 2.45) is 0 Å². The standard InChI is InChI=1S/C26H21N3O2S/c30-20-15-17(21-12-7-13-32-21)14-19-23(20)22(16-8-3-1-4-9-16)24-25(27-19)28-29(26(24)31)18-10-5-2-6-11-18/h1-13,17,22,27-28H,14-15H2. The Bertz CT molecular complexity index is 1380. The molecule has 0 amide bonds. The fourth-order valence-corrected chi connectivity index (χ4v) is 5.79. The van der Waals surface area contributed by atoms with E-state index in [1.54, 1.807) is 16.0 Å². The molecule has 2 unspecified atom stereocenters. The van der Waals surface area contributed by atoms with Crippen molar-refractivity contribution in [3.05, 3.63) is 116 Å². The SMILES string of the molecule is O=C1CC(c2cccs2)CC2=C1C(c1ccccc1)c1c([nH]n(-c3ccccc3)c1=O)N2. The molecular weight excluding hydrogens is 418 g/mol. The van der Waals surface area contributed by atoms with E-state index in [0.29, 0.717) is 17.8 Å². The summed E-state index contributed by atoms with van der Waals surface area (Å²) in [7, 11) is 0. The summed E-state index contributed by atoms with van der Waals surface area (Å²) in [5, 5.41) is 8.76. The third-order valence-electron chi connectivity index (χ3n) is 6.38. The first kappa shape index (κ1) is 19.1. The predicted octanol–water partition coefficient (Wildman–Crippen LogP) is 5.19. The van der Waals surface area contributed by atoms with Gasteiger partial charge in [0.1, 0.15) is 5.82 Å². The Morgan fingerprint density at radius 1 is 0.875 bits per heavy atom. The van der Waals surface area contributed by atoms with Gasteiger partial charge in [0.25, 0.3) is 5.56 Å². The molecule has 4 aromatic rings. The van der Waals surface area contributed by atoms with Crippen LogP contribution in [0.25, 0.3) is 5.69 Å². The smallest absolute Gasteiger partial charge is 0.277 e. The van der Waals surface area contributed by atoms with Crippen molar-refractivity contribution in [2.45, 2.75) is 24.7 Å². The van der Waals surface area contributed by atoms with Crippen molar-refractivity contribution >= 4 is 22.9 Å². The molecule has 3 heterocycles. The first-order valence-corrected chi connectivity index (χ1v) is 11.6. The van der Waals surface area contributed by atoms with Gasteiger partial charge >= 0.3 is 0 Å². The van der Waals surface area contributed by atoms with Gasteiger partial charge in [-0.15, -0.1) is 11.3 Å². The first-order chi connectivity index (χ1) is 15.7. The maximum atomic E-state index is 13.6. The maximum absolute atomic E-state index is 13.6. The van der Waals surface area contributed by atoms with Gasteiger partial charge in [-0.3, -0.25) is 14.7 Å². The van der Waals surface area contributed by atoms with Crippen molar-refractivity contribution in [3.63, 3.8) is 0 Å². The van der Waals surface area contributed by atoms with Gasteiger partial charge in [0.15, 0.2) is 5.78 Å². The molecule has 5 nitrogen and oxygen atoms in total. The molecule has 0 saturated carbocycles. The van der Waals surface area contributed by atoms with Crippen LogP contribution >= 0.6 is 11.3 Å². The highest BCUT2D eigenvalue weighted by Crippen LogP contribution is 2.47. The molecule has 1 aliphatic carbocycles. The summed E-state index contributed by atoms with van der Waals surface area (Å²) in [5.74, 6) is 0.567. The van der Waals surface area contributed by atoms with Crippen LogP contribution < -0.4 is 10.9 Å². The van der Waals surface area contributed by atoms with Gasteiger partial charge in [0.05, 0.1) is 11.3 Å². The van der Waals surface area contributed by atoms with Gasteiger partial charge in [-0.2, -0.15) is 0 Å². The maximum Gasteiger partial charge on any atom is 0.277 e. The number of thiophene rings is 1. The molecule has 158 valence electrons. The van der Waals surface area contributed by atoms with Crippen molar-refractivity contribution in [1.82, 2.24) is 9.78 Å². The number of hydrogen-bond donors (Lipinski definition) is 2. The van der Waals surface area contributed by atoms with Crippen LogP contribution in [0.5, 0.6) is 0 Å². The summed E-state index contributed by atoms with van der Waals surface area (Å²) in [6.45, 7) is 0. The summed E-state index contributed by atoms with van der Waals surface area (Å²) < 4.78 is 1.56. The van der Waals surface area contributed by atoms with Crippen molar-refractivity contribution < 1.29 is 4.79 Å². The van der Waals surface area contributed by atoms with Crippen LogP contribution in [0, 0.1) is 0 Å². The highest BCUT2D eigenvalue weighted by atomic mass is 32.1. The second-order valence-corrected chi connectivity index (χ2v) is 9.26. The summed E-state index contributed by atoms with van der Waals surface area (Å²) in [4.78, 5) is 28.3. The Kier molecular flexibility index (Phi) is 4.47. The van der Waals surface area contributed by atoms with Crippen LogP contribution in [0.2, 0.25) is 0 Å². The highest BCUT2D eigenvalue weighted by molar-refractivity contribution is 7.10. The molecule has 2 aliphatic rings. The number of fused-ring (bicyclic) bond motifs is 1. The van der Waals surface area contributed by atoms with Crippen LogP contribution in [-0.2, 0) is 4.79 Å². The molecule has 0 spiro atoms. The van der Waals surface area contributed by atoms with Gasteiger partial charge < -0.3 is 5.32 Å². The number of anilines is 1. The average molecular weight is 440 g/mol. The van der Waals surface area contributed by atoms with Crippen molar-refractivity contribution in [3.8, 4) is 5.69 Å². The number of aromatic nitrogens is 2. The average Bonchev–Trinajstić information content (AvgIpc) is 3.47. The third-order valence-corrected chi connectivity index (χ3v) is 7.42. The van der Waals surface area contributed by atoms with Gasteiger partial charge in [-0.25, -0.2) is 4.68 Å². The number of carbonyl (C=O) groups excluding carboxylic acids is 1. The molecular formula is C26H21N3O2S. The quantitative estimate of drug-likeness (QED) is 0.462. The fourth-order valence-electron chi connectivity index (χ4n) is 4.96. The summed E-state index contributed by atoms with van der Waals surface area (Å²) in [6.07, 6.45) is 1.22. The number of Topliss-reactive ketones (excluding diaryl/α,β-unsaturated/α-hetero) is 1. The summed E-state index contributed by atoms with van der Waals surface area (Å²) >= 11 is 1.69. The lowest BCUT2D eigenvalue weighted by molar-refractivity contribution is -0.116. The summed E-state index contributed by atoms with van der Waals surface area (Å²) in [5.41, 5.74) is 3.84. The Morgan fingerprint density at radius 2 is 1.62 bits per heavy atom. The van der Waals surface area contributed by atoms with Gasteiger partial charge in [-0.05, 0) is 35.6 Å². The summed E-state index contributed by atoms with van der Waals surface area (Å²) in [6, 6.07) is 23.5. The molecule has 2 N–H and O–H groups in total. The van der Waals surface area contributed by atoms with Gasteiger partial charge in [0.2, 0.25) is 0 Å². The van der Waals surface area contributed by atoms with Crippen LogP contribution in [0.3, 0.4) is 0 Å². The molecule has 0 bridgehead atoms. The molecule has 6 heteroatoms. The first-order valence-electron chi connectivity index (χ1n) is 10.7. The van der Waals surface area contributed by atoms with Gasteiger partial charge in [0, 0.05) is 34.4 Å². The number of para-hydroxylation sites is 1. The van der Waals surface area contributed by atoms with E-state index in [9.17, 15) is 9.59 Å². The number of nitrogens with one attached hydrogen (secondary N) is 2. The van der Waals surface area contributed by atoms with E-state index in [2.05, 4.69) is 21.9 Å². The predicted molar refractivity (Wildman–Crippen MR) is 127 cm³/mol. The van der Waals surface area contributed by atoms with Crippen molar-refractivity contribution in [1.29, 1.82) is 0 Å². The Labute approximate surface area is 189 Å². The number of benzene rings is 2. The molecule has 2 atom stereocenters. The number of H-pyrrole nitrogens is 1. The molecule has 0 saturated heterocycles. The minimum Gasteiger partial charge on any atom is -0.343 e. The van der Waals surface area contributed by atoms with E-state index < -0.39 is 0 Å². The Hall–Kier alpha value is -3.64. The highest BCUT2D eigenvalue weighted by Gasteiger charge is 2.41. The number of allylic oxidation sites excluding steroid dienone is 2. The molecule has 6 rings (SSSR count). The lowest BCUT2D eigenvalue weighted by Gasteiger charge is -2.34. The van der Waals surface area contributed by atoms with Crippen LogP contribution in [0.4, 0.5) is 5.82 Å². The number of carbonyl (C=O) groups is 1. The number of ketones is 1. The van der Waals surface area contributed by atoms with Crippen LogP contribution in [-0.4, -0.2) is 15.6 Å². The lowest BCUT2D eigenvalue weighted by atomic mass is 9.74. The van der Waals surface area contributed by atoms with E-state index in [0.717, 1.165) is 28.9 Å². The third kappa shape index (κ3) is 2.99. The van der Waals surface area contributed by atoms with Crippen LogP contribution in [0.1, 0.15) is 40.7 Å². The zero-order valence-corrected chi connectivity index (χ0v) is 18.1. The zero-order valence-electron chi connectivity index (χ0n) is 17.2. The monoisotopic (exact) mass is 439 g/mol. The largest absolute Gasteiger partial charge is 0.343 e. The van der Waals surface area contributed by atoms with E-state index in [4.69, 9.17) is 0 Å². The fraction of sp³-hybridized carbons (Fsp3) is 0.154. The minimum absolute atomic E-state index is 0.114. The number of aromatic amines is 1. The molecule has 0 fully saturated rings. The lowest BCUT2D eigenvalue weighted by Crippen LogP contribution is -2.31.